The number of rotatable bonds is 4. The third-order valence-corrected chi connectivity index (χ3v) is 4.32. The molecule has 0 aliphatic carbocycles. The van der Waals surface area contributed by atoms with Crippen molar-refractivity contribution in [2.45, 2.75) is 0 Å². The molecule has 0 atom stereocenters. The monoisotopic (exact) mass is 362 g/mol. The molecule has 0 aliphatic heterocycles. The Morgan fingerprint density at radius 1 is 0.704 bits per heavy atom. The van der Waals surface area contributed by atoms with Gasteiger partial charge in [0, 0.05) is 16.7 Å². The summed E-state index contributed by atoms with van der Waals surface area (Å²) in [6.45, 7) is 0. The number of ether oxygens (including phenoxy) is 1. The topological polar surface area (TPSA) is 37.9 Å². The Hall–Kier alpha value is -3.47. The van der Waals surface area contributed by atoms with E-state index in [9.17, 15) is 8.78 Å². The highest BCUT2D eigenvalue weighted by Gasteiger charge is 2.15. The molecule has 4 aromatic rings. The Morgan fingerprint density at radius 3 is 1.78 bits per heavy atom. The molecular weight excluding hydrogens is 346 g/mol. The molecule has 0 aliphatic rings. The first-order valence-corrected chi connectivity index (χ1v) is 8.40. The second-order valence-electron chi connectivity index (χ2n) is 6.05. The number of hydrogen-bond acceptors (Lipinski definition) is 2. The molecule has 134 valence electrons. The van der Waals surface area contributed by atoms with Gasteiger partial charge in [-0.2, -0.15) is 0 Å². The zero-order valence-electron chi connectivity index (χ0n) is 14.5. The van der Waals surface area contributed by atoms with Crippen molar-refractivity contribution in [2.75, 3.05) is 7.11 Å². The molecule has 0 saturated carbocycles. The van der Waals surface area contributed by atoms with Gasteiger partial charge < -0.3 is 9.72 Å². The van der Waals surface area contributed by atoms with E-state index in [-0.39, 0.29) is 11.6 Å². The smallest absolute Gasteiger partial charge is 0.138 e. The molecule has 3 aromatic carbocycles. The number of aromatic nitrogens is 2. The fourth-order valence-electron chi connectivity index (χ4n) is 2.90. The largest absolute Gasteiger partial charge is 0.497 e. The molecule has 0 spiro atoms. The third-order valence-electron chi connectivity index (χ3n) is 4.32. The first-order valence-electron chi connectivity index (χ1n) is 8.40. The summed E-state index contributed by atoms with van der Waals surface area (Å²) >= 11 is 0. The van der Waals surface area contributed by atoms with Crippen molar-refractivity contribution in [3.8, 4) is 39.7 Å². The van der Waals surface area contributed by atoms with Gasteiger partial charge in [0.25, 0.3) is 0 Å². The van der Waals surface area contributed by atoms with Crippen LogP contribution in [0, 0.1) is 11.6 Å². The molecule has 4 rings (SSSR count). The lowest BCUT2D eigenvalue weighted by Gasteiger charge is -2.03. The second kappa shape index (κ2) is 7.03. The number of hydrogen-bond donors (Lipinski definition) is 1. The van der Waals surface area contributed by atoms with Gasteiger partial charge >= 0.3 is 0 Å². The normalized spacial score (nSPS) is 10.8. The van der Waals surface area contributed by atoms with Crippen LogP contribution >= 0.6 is 0 Å². The maximum atomic E-state index is 13.3. The molecule has 1 aromatic heterocycles. The molecule has 0 amide bonds. The lowest BCUT2D eigenvalue weighted by atomic mass is 10.1. The van der Waals surface area contributed by atoms with E-state index in [2.05, 4.69) is 4.98 Å². The minimum absolute atomic E-state index is 0.308. The summed E-state index contributed by atoms with van der Waals surface area (Å²) in [6.07, 6.45) is 0. The van der Waals surface area contributed by atoms with Gasteiger partial charge in [0.05, 0.1) is 18.5 Å². The quantitative estimate of drug-likeness (QED) is 0.506. The number of nitrogens with zero attached hydrogens (tertiary/aromatic N) is 1. The summed E-state index contributed by atoms with van der Waals surface area (Å²) in [5, 5.41) is 0. The maximum Gasteiger partial charge on any atom is 0.138 e. The van der Waals surface area contributed by atoms with Crippen molar-refractivity contribution in [1.82, 2.24) is 9.97 Å². The minimum atomic E-state index is -0.312. The van der Waals surface area contributed by atoms with Gasteiger partial charge in [0.1, 0.15) is 23.2 Å². The molecule has 0 radical (unpaired) electrons. The fourth-order valence-corrected chi connectivity index (χ4v) is 2.90. The zero-order chi connectivity index (χ0) is 18.8. The second-order valence-corrected chi connectivity index (χ2v) is 6.05. The van der Waals surface area contributed by atoms with E-state index in [0.29, 0.717) is 11.5 Å². The number of aromatic amines is 1. The third kappa shape index (κ3) is 3.44. The van der Waals surface area contributed by atoms with Gasteiger partial charge in [-0.05, 0) is 72.8 Å². The molecule has 5 heteroatoms. The summed E-state index contributed by atoms with van der Waals surface area (Å²) in [7, 11) is 1.61. The van der Waals surface area contributed by atoms with Gasteiger partial charge in [-0.3, -0.25) is 0 Å². The SMILES string of the molecule is COc1ccc(-c2nc(-c3ccc(F)cc3)c(-c3ccc(F)cc3)[nH]2)cc1. The maximum absolute atomic E-state index is 13.3. The Bertz CT molecular complexity index is 990. The predicted molar refractivity (Wildman–Crippen MR) is 101 cm³/mol. The lowest BCUT2D eigenvalue weighted by molar-refractivity contribution is 0.415. The first-order chi connectivity index (χ1) is 13.1. The van der Waals surface area contributed by atoms with Crippen LogP contribution in [0.15, 0.2) is 72.8 Å². The van der Waals surface area contributed by atoms with Gasteiger partial charge in [-0.15, -0.1) is 0 Å². The summed E-state index contributed by atoms with van der Waals surface area (Å²) < 4.78 is 31.9. The average molecular weight is 362 g/mol. The summed E-state index contributed by atoms with van der Waals surface area (Å²) in [4.78, 5) is 8.04. The number of nitrogens with one attached hydrogen (secondary N) is 1. The minimum Gasteiger partial charge on any atom is -0.497 e. The van der Waals surface area contributed by atoms with Gasteiger partial charge in [0.15, 0.2) is 0 Å². The van der Waals surface area contributed by atoms with E-state index >= 15 is 0 Å². The lowest BCUT2D eigenvalue weighted by Crippen LogP contribution is -1.85. The van der Waals surface area contributed by atoms with Gasteiger partial charge in [-0.1, -0.05) is 0 Å². The Labute approximate surface area is 155 Å². The molecule has 0 saturated heterocycles. The Kier molecular flexibility index (Phi) is 4.42. The van der Waals surface area contributed by atoms with Crippen LogP contribution in [0.1, 0.15) is 0 Å². The number of imidazole rings is 1. The van der Waals surface area contributed by atoms with E-state index in [1.165, 1.54) is 24.3 Å². The highest BCUT2D eigenvalue weighted by molar-refractivity contribution is 5.81. The zero-order valence-corrected chi connectivity index (χ0v) is 14.5. The van der Waals surface area contributed by atoms with E-state index in [0.717, 1.165) is 28.1 Å². The van der Waals surface area contributed by atoms with Crippen molar-refractivity contribution in [2.24, 2.45) is 0 Å². The molecule has 1 N–H and O–H groups in total. The van der Waals surface area contributed by atoms with Crippen LogP contribution in [0.2, 0.25) is 0 Å². The molecule has 1 heterocycles. The summed E-state index contributed by atoms with van der Waals surface area (Å²) in [5.41, 5.74) is 3.86. The van der Waals surface area contributed by atoms with Crippen LogP contribution in [-0.2, 0) is 0 Å². The number of halogens is 2. The van der Waals surface area contributed by atoms with E-state index in [1.807, 2.05) is 24.3 Å². The number of methoxy groups -OCH3 is 1. The van der Waals surface area contributed by atoms with Crippen molar-refractivity contribution >= 4 is 0 Å². The number of H-pyrrole nitrogens is 1. The Balaban J connectivity index is 1.85. The molecule has 27 heavy (non-hydrogen) atoms. The van der Waals surface area contributed by atoms with Crippen LogP contribution in [0.3, 0.4) is 0 Å². The van der Waals surface area contributed by atoms with E-state index in [4.69, 9.17) is 9.72 Å². The Morgan fingerprint density at radius 2 is 1.22 bits per heavy atom. The molecular formula is C22H16F2N2O. The fraction of sp³-hybridized carbons (Fsp3) is 0.0455. The van der Waals surface area contributed by atoms with Crippen molar-refractivity contribution in [3.05, 3.63) is 84.4 Å². The van der Waals surface area contributed by atoms with Crippen LogP contribution < -0.4 is 4.74 Å². The molecule has 0 bridgehead atoms. The van der Waals surface area contributed by atoms with Crippen LogP contribution in [0.4, 0.5) is 8.78 Å². The van der Waals surface area contributed by atoms with Gasteiger partial charge in [0.2, 0.25) is 0 Å². The molecule has 0 unspecified atom stereocenters. The van der Waals surface area contributed by atoms with Gasteiger partial charge in [-0.25, -0.2) is 13.8 Å². The number of benzene rings is 3. The van der Waals surface area contributed by atoms with Crippen LogP contribution in [0.25, 0.3) is 33.9 Å². The highest BCUT2D eigenvalue weighted by atomic mass is 19.1. The van der Waals surface area contributed by atoms with E-state index < -0.39 is 0 Å². The first kappa shape index (κ1) is 17.0. The highest BCUT2D eigenvalue weighted by Crippen LogP contribution is 2.33. The van der Waals surface area contributed by atoms with Crippen molar-refractivity contribution in [1.29, 1.82) is 0 Å². The van der Waals surface area contributed by atoms with Crippen molar-refractivity contribution < 1.29 is 13.5 Å². The average Bonchev–Trinajstić information content (AvgIpc) is 3.14. The predicted octanol–water partition coefficient (Wildman–Crippen LogP) is 5.70. The molecule has 0 fully saturated rings. The summed E-state index contributed by atoms with van der Waals surface area (Å²) in [5.74, 6) is 0.795. The van der Waals surface area contributed by atoms with E-state index in [1.54, 1.807) is 31.4 Å². The van der Waals surface area contributed by atoms with Crippen LogP contribution in [0.5, 0.6) is 5.75 Å². The summed E-state index contributed by atoms with van der Waals surface area (Å²) in [6, 6.07) is 19.8. The van der Waals surface area contributed by atoms with Crippen molar-refractivity contribution in [3.63, 3.8) is 0 Å². The standard InChI is InChI=1S/C22H16F2N2O/c1-27-19-12-6-16(7-13-19)22-25-20(14-2-8-17(23)9-3-14)21(26-22)15-4-10-18(24)11-5-15/h2-13H,1H3,(H,25,26). The van der Waals surface area contributed by atoms with Crippen LogP contribution in [-0.4, -0.2) is 17.1 Å². The molecule has 3 nitrogen and oxygen atoms in total.